The number of nitrogens with two attached hydrogens (primary N) is 1. The standard InChI is InChI=1S/C7H10N2O3S/c1-12-5-2-3-7(6(8)4-5)9-13(10)11/h2-4,9H,8H2,1H3,(H,10,11)/p-1. The van der Waals surface area contributed by atoms with Crippen LogP contribution in [0.3, 0.4) is 0 Å². The van der Waals surface area contributed by atoms with E-state index in [4.69, 9.17) is 10.5 Å². The quantitative estimate of drug-likeness (QED) is 0.550. The summed E-state index contributed by atoms with van der Waals surface area (Å²) in [7, 11) is 1.51. The number of ether oxygens (including phenoxy) is 1. The van der Waals surface area contributed by atoms with Gasteiger partial charge in [-0.3, -0.25) is 4.21 Å². The Labute approximate surface area is 78.3 Å². The third-order valence-corrected chi connectivity index (χ3v) is 1.84. The van der Waals surface area contributed by atoms with E-state index < -0.39 is 11.3 Å². The molecule has 1 unspecified atom stereocenters. The van der Waals surface area contributed by atoms with Crippen LogP contribution in [0.25, 0.3) is 0 Å². The van der Waals surface area contributed by atoms with Gasteiger partial charge in [0.05, 0.1) is 18.5 Å². The molecular weight excluding hydrogens is 192 g/mol. The lowest BCUT2D eigenvalue weighted by Gasteiger charge is -2.11. The molecule has 5 nitrogen and oxygen atoms in total. The van der Waals surface area contributed by atoms with Gasteiger partial charge in [-0.05, 0) is 12.1 Å². The lowest BCUT2D eigenvalue weighted by molar-refractivity contribution is 0.415. The van der Waals surface area contributed by atoms with Crippen LogP contribution in [0.1, 0.15) is 0 Å². The number of nitrogen functional groups attached to an aromatic ring is 1. The molecule has 72 valence electrons. The van der Waals surface area contributed by atoms with Crippen LogP contribution in [-0.2, 0) is 11.3 Å². The highest BCUT2D eigenvalue weighted by atomic mass is 32.2. The first kappa shape index (κ1) is 9.82. The van der Waals surface area contributed by atoms with Crippen LogP contribution in [0.15, 0.2) is 18.2 Å². The van der Waals surface area contributed by atoms with Gasteiger partial charge in [-0.25, -0.2) is 0 Å². The van der Waals surface area contributed by atoms with Gasteiger partial charge in [-0.2, -0.15) is 0 Å². The molecule has 1 aromatic carbocycles. The molecule has 0 aliphatic rings. The molecule has 1 atom stereocenters. The monoisotopic (exact) mass is 201 g/mol. The second-order valence-corrected chi connectivity index (χ2v) is 2.96. The summed E-state index contributed by atoms with van der Waals surface area (Å²) in [6, 6.07) is 4.69. The molecule has 0 fully saturated rings. The van der Waals surface area contributed by atoms with Crippen LogP contribution in [0.2, 0.25) is 0 Å². The summed E-state index contributed by atoms with van der Waals surface area (Å²) in [5, 5.41) is 0. The van der Waals surface area contributed by atoms with E-state index in [0.717, 1.165) is 0 Å². The number of rotatable bonds is 3. The molecular formula is C7H9N2O3S-. The lowest BCUT2D eigenvalue weighted by Crippen LogP contribution is -2.04. The van der Waals surface area contributed by atoms with Gasteiger partial charge in [0.1, 0.15) is 5.75 Å². The first-order valence-corrected chi connectivity index (χ1v) is 4.50. The Hall–Kier alpha value is -1.27. The van der Waals surface area contributed by atoms with Crippen molar-refractivity contribution < 1.29 is 13.5 Å². The number of anilines is 2. The van der Waals surface area contributed by atoms with Crippen molar-refractivity contribution in [2.45, 2.75) is 0 Å². The van der Waals surface area contributed by atoms with Gasteiger partial charge in [0, 0.05) is 17.3 Å². The van der Waals surface area contributed by atoms with E-state index in [1.165, 1.54) is 19.2 Å². The number of benzene rings is 1. The summed E-state index contributed by atoms with van der Waals surface area (Å²) in [6.45, 7) is 0. The van der Waals surface area contributed by atoms with Gasteiger partial charge < -0.3 is 19.7 Å². The molecule has 0 radical (unpaired) electrons. The average Bonchev–Trinajstić information content (AvgIpc) is 2.08. The topological polar surface area (TPSA) is 87.4 Å². The molecule has 0 saturated heterocycles. The van der Waals surface area contributed by atoms with Crippen molar-refractivity contribution in [2.24, 2.45) is 0 Å². The normalized spacial score (nSPS) is 12.2. The Morgan fingerprint density at radius 1 is 1.62 bits per heavy atom. The minimum absolute atomic E-state index is 0.323. The molecule has 6 heteroatoms. The van der Waals surface area contributed by atoms with E-state index in [-0.39, 0.29) is 0 Å². The van der Waals surface area contributed by atoms with Crippen LogP contribution in [0.4, 0.5) is 11.4 Å². The summed E-state index contributed by atoms with van der Waals surface area (Å²) in [6.07, 6.45) is 0. The van der Waals surface area contributed by atoms with Crippen molar-refractivity contribution in [1.82, 2.24) is 0 Å². The van der Waals surface area contributed by atoms with Gasteiger partial charge in [0.15, 0.2) is 0 Å². The van der Waals surface area contributed by atoms with E-state index >= 15 is 0 Å². The molecule has 1 aromatic rings. The van der Waals surface area contributed by atoms with Gasteiger partial charge in [-0.15, -0.1) is 0 Å². The van der Waals surface area contributed by atoms with Gasteiger partial charge in [0.25, 0.3) is 0 Å². The molecule has 0 aliphatic heterocycles. The predicted octanol–water partition coefficient (Wildman–Crippen LogP) is 0.483. The third kappa shape index (κ3) is 2.60. The molecule has 0 aromatic heterocycles. The lowest BCUT2D eigenvalue weighted by atomic mass is 10.2. The van der Waals surface area contributed by atoms with Gasteiger partial charge >= 0.3 is 0 Å². The molecule has 0 amide bonds. The minimum Gasteiger partial charge on any atom is -0.755 e. The largest absolute Gasteiger partial charge is 0.755 e. The summed E-state index contributed by atoms with van der Waals surface area (Å²) in [5.41, 5.74) is 6.19. The fraction of sp³-hybridized carbons (Fsp3) is 0.143. The summed E-state index contributed by atoms with van der Waals surface area (Å²) >= 11 is -2.36. The predicted molar refractivity (Wildman–Crippen MR) is 49.9 cm³/mol. The first-order valence-electron chi connectivity index (χ1n) is 3.43. The van der Waals surface area contributed by atoms with Gasteiger partial charge in [-0.1, -0.05) is 0 Å². The number of hydrogen-bond donors (Lipinski definition) is 2. The van der Waals surface area contributed by atoms with Crippen molar-refractivity contribution in [3.05, 3.63) is 18.2 Å². The summed E-state index contributed by atoms with van der Waals surface area (Å²) in [5.74, 6) is 0.583. The Balaban J connectivity index is 2.91. The zero-order valence-electron chi connectivity index (χ0n) is 6.94. The molecule has 0 saturated carbocycles. The van der Waals surface area contributed by atoms with Crippen LogP contribution in [-0.4, -0.2) is 15.9 Å². The SMILES string of the molecule is COc1ccc(NS(=O)[O-])c(N)c1. The van der Waals surface area contributed by atoms with Crippen LogP contribution < -0.4 is 15.2 Å². The highest BCUT2D eigenvalue weighted by Crippen LogP contribution is 2.23. The van der Waals surface area contributed by atoms with Crippen molar-refractivity contribution in [2.75, 3.05) is 17.6 Å². The molecule has 0 spiro atoms. The highest BCUT2D eigenvalue weighted by Gasteiger charge is 1.99. The molecule has 1 rings (SSSR count). The van der Waals surface area contributed by atoms with Crippen LogP contribution in [0.5, 0.6) is 5.75 Å². The van der Waals surface area contributed by atoms with Crippen molar-refractivity contribution in [3.63, 3.8) is 0 Å². The van der Waals surface area contributed by atoms with Crippen molar-refractivity contribution in [1.29, 1.82) is 0 Å². The summed E-state index contributed by atoms with van der Waals surface area (Å²) in [4.78, 5) is 0. The molecule has 0 heterocycles. The molecule has 13 heavy (non-hydrogen) atoms. The van der Waals surface area contributed by atoms with E-state index in [0.29, 0.717) is 17.1 Å². The number of nitrogens with one attached hydrogen (secondary N) is 1. The third-order valence-electron chi connectivity index (χ3n) is 1.45. The fourth-order valence-electron chi connectivity index (χ4n) is 0.851. The van der Waals surface area contributed by atoms with E-state index in [1.54, 1.807) is 6.07 Å². The van der Waals surface area contributed by atoms with Crippen LogP contribution in [0, 0.1) is 0 Å². The Morgan fingerprint density at radius 2 is 2.31 bits per heavy atom. The number of methoxy groups -OCH3 is 1. The molecule has 0 bridgehead atoms. The fourth-order valence-corrected chi connectivity index (χ4v) is 1.22. The second-order valence-electron chi connectivity index (χ2n) is 2.29. The smallest absolute Gasteiger partial charge is 0.121 e. The van der Waals surface area contributed by atoms with Crippen LogP contribution >= 0.6 is 0 Å². The number of hydrogen-bond acceptors (Lipinski definition) is 4. The Morgan fingerprint density at radius 3 is 2.77 bits per heavy atom. The Bertz CT molecular complexity index is 330. The zero-order chi connectivity index (χ0) is 9.84. The highest BCUT2D eigenvalue weighted by molar-refractivity contribution is 7.80. The van der Waals surface area contributed by atoms with Crippen molar-refractivity contribution >= 4 is 22.6 Å². The maximum absolute atomic E-state index is 10.3. The molecule has 3 N–H and O–H groups in total. The minimum atomic E-state index is -2.36. The maximum atomic E-state index is 10.3. The first-order chi connectivity index (χ1) is 6.13. The summed E-state index contributed by atoms with van der Waals surface area (Å²) < 4.78 is 27.6. The average molecular weight is 201 g/mol. The second kappa shape index (κ2) is 4.11. The zero-order valence-corrected chi connectivity index (χ0v) is 7.76. The maximum Gasteiger partial charge on any atom is 0.121 e. The van der Waals surface area contributed by atoms with E-state index in [1.807, 2.05) is 0 Å². The van der Waals surface area contributed by atoms with E-state index in [9.17, 15) is 8.76 Å². The van der Waals surface area contributed by atoms with Crippen molar-refractivity contribution in [3.8, 4) is 5.75 Å². The molecule has 0 aliphatic carbocycles. The van der Waals surface area contributed by atoms with Gasteiger partial charge in [0.2, 0.25) is 0 Å². The Kier molecular flexibility index (Phi) is 3.10. The van der Waals surface area contributed by atoms with E-state index in [2.05, 4.69) is 4.72 Å².